The van der Waals surface area contributed by atoms with Gasteiger partial charge in [-0.25, -0.2) is 0 Å². The van der Waals surface area contributed by atoms with Crippen LogP contribution in [0, 0.1) is 0 Å². The zero-order valence-electron chi connectivity index (χ0n) is 14.5. The summed E-state index contributed by atoms with van der Waals surface area (Å²) in [5.74, 6) is 0.0768. The molecule has 22 heavy (non-hydrogen) atoms. The second-order valence-corrected chi connectivity index (χ2v) is 8.08. The van der Waals surface area contributed by atoms with Crippen LogP contribution < -0.4 is 0 Å². The van der Waals surface area contributed by atoms with Crippen LogP contribution in [-0.4, -0.2) is 82.1 Å². The van der Waals surface area contributed by atoms with Gasteiger partial charge in [-0.2, -0.15) is 8.42 Å². The maximum absolute atomic E-state index is 11.7. The van der Waals surface area contributed by atoms with Crippen LogP contribution >= 0.6 is 0 Å². The van der Waals surface area contributed by atoms with E-state index in [4.69, 9.17) is 8.92 Å². The van der Waals surface area contributed by atoms with Crippen LogP contribution in [0.2, 0.25) is 0 Å². The molecular formula is C15H32N2O4S. The lowest BCUT2D eigenvalue weighted by Gasteiger charge is -2.34. The lowest BCUT2D eigenvalue weighted by Crippen LogP contribution is -2.48. The van der Waals surface area contributed by atoms with E-state index in [9.17, 15) is 8.42 Å². The van der Waals surface area contributed by atoms with E-state index in [1.54, 1.807) is 13.8 Å². The molecule has 0 bridgehead atoms. The van der Waals surface area contributed by atoms with E-state index >= 15 is 0 Å². The lowest BCUT2D eigenvalue weighted by atomic mass is 10.3. The maximum atomic E-state index is 11.7. The molecule has 1 saturated heterocycles. The summed E-state index contributed by atoms with van der Waals surface area (Å²) in [6, 6.07) is 0. The van der Waals surface area contributed by atoms with Gasteiger partial charge in [-0.15, -0.1) is 0 Å². The fourth-order valence-electron chi connectivity index (χ4n) is 2.43. The third kappa shape index (κ3) is 9.05. The number of rotatable bonds is 10. The van der Waals surface area contributed by atoms with Crippen LogP contribution in [0.4, 0.5) is 0 Å². The zero-order valence-corrected chi connectivity index (χ0v) is 15.3. The monoisotopic (exact) mass is 336 g/mol. The Morgan fingerprint density at radius 2 is 1.45 bits per heavy atom. The Bertz CT molecular complexity index is 390. The topological polar surface area (TPSA) is 59.1 Å². The molecule has 0 amide bonds. The molecule has 0 aromatic carbocycles. The zero-order chi connectivity index (χ0) is 16.6. The molecule has 0 radical (unpaired) electrons. The molecule has 132 valence electrons. The van der Waals surface area contributed by atoms with Gasteiger partial charge in [0.1, 0.15) is 0 Å². The van der Waals surface area contributed by atoms with Crippen LogP contribution in [0.5, 0.6) is 0 Å². The van der Waals surface area contributed by atoms with Crippen LogP contribution in [0.15, 0.2) is 0 Å². The van der Waals surface area contributed by atoms with Crippen molar-refractivity contribution in [2.75, 3.05) is 51.6 Å². The van der Waals surface area contributed by atoms with E-state index in [-0.39, 0.29) is 11.9 Å². The Hall–Kier alpha value is -0.210. The molecular weight excluding hydrogens is 304 g/mol. The van der Waals surface area contributed by atoms with Crippen molar-refractivity contribution < 1.29 is 17.3 Å². The van der Waals surface area contributed by atoms with E-state index in [0.29, 0.717) is 12.6 Å². The van der Waals surface area contributed by atoms with Crippen molar-refractivity contribution in [2.24, 2.45) is 0 Å². The fourth-order valence-corrected chi connectivity index (χ4v) is 3.59. The van der Waals surface area contributed by atoms with Crippen molar-refractivity contribution in [1.29, 1.82) is 0 Å². The molecule has 0 unspecified atom stereocenters. The minimum absolute atomic E-state index is 0.0768. The molecule has 0 spiro atoms. The Morgan fingerprint density at radius 1 is 0.909 bits per heavy atom. The molecule has 1 rings (SSSR count). The summed E-state index contributed by atoms with van der Waals surface area (Å²) in [6.07, 6.45) is 1.07. The third-order valence-corrected chi connectivity index (χ3v) is 4.89. The highest BCUT2D eigenvalue weighted by atomic mass is 32.2. The van der Waals surface area contributed by atoms with Crippen molar-refractivity contribution in [3.8, 4) is 0 Å². The molecule has 1 aliphatic rings. The van der Waals surface area contributed by atoms with Gasteiger partial charge in [-0.05, 0) is 34.1 Å². The third-order valence-electron chi connectivity index (χ3n) is 3.53. The quantitative estimate of drug-likeness (QED) is 0.441. The minimum atomic E-state index is -3.39. The summed E-state index contributed by atoms with van der Waals surface area (Å²) < 4.78 is 33.9. The molecule has 6 nitrogen and oxygen atoms in total. The molecule has 0 aliphatic carbocycles. The van der Waals surface area contributed by atoms with Crippen LogP contribution in [0.25, 0.3) is 0 Å². The average molecular weight is 336 g/mol. The van der Waals surface area contributed by atoms with Gasteiger partial charge in [-0.1, -0.05) is 0 Å². The SMILES string of the molecule is CC(C)OCCCN1CCN(CCS(=O)(=O)OC(C)C)CC1. The predicted molar refractivity (Wildman–Crippen MR) is 88.6 cm³/mol. The van der Waals surface area contributed by atoms with Gasteiger partial charge in [0.05, 0.1) is 18.0 Å². The number of hydrogen-bond donors (Lipinski definition) is 0. The molecule has 1 heterocycles. The molecule has 0 atom stereocenters. The smallest absolute Gasteiger partial charge is 0.268 e. The van der Waals surface area contributed by atoms with E-state index in [0.717, 1.165) is 45.8 Å². The van der Waals surface area contributed by atoms with Crippen LogP contribution in [-0.2, 0) is 19.0 Å². The lowest BCUT2D eigenvalue weighted by molar-refractivity contribution is 0.0642. The average Bonchev–Trinajstić information content (AvgIpc) is 2.41. The Labute approximate surface area is 135 Å². The fraction of sp³-hybridized carbons (Fsp3) is 1.00. The van der Waals surface area contributed by atoms with Crippen LogP contribution in [0.3, 0.4) is 0 Å². The van der Waals surface area contributed by atoms with Gasteiger partial charge in [0, 0.05) is 45.9 Å². The second kappa shape index (κ2) is 9.82. The molecule has 1 aliphatic heterocycles. The molecule has 1 fully saturated rings. The first kappa shape index (κ1) is 19.8. The number of ether oxygens (including phenoxy) is 1. The molecule has 0 saturated carbocycles. The summed E-state index contributed by atoms with van der Waals surface area (Å²) in [7, 11) is -3.39. The van der Waals surface area contributed by atoms with Crippen molar-refractivity contribution in [3.63, 3.8) is 0 Å². The van der Waals surface area contributed by atoms with Crippen LogP contribution in [0.1, 0.15) is 34.1 Å². The van der Waals surface area contributed by atoms with E-state index in [2.05, 4.69) is 23.6 Å². The van der Waals surface area contributed by atoms with Gasteiger partial charge in [-0.3, -0.25) is 9.08 Å². The van der Waals surface area contributed by atoms with Gasteiger partial charge in [0.2, 0.25) is 0 Å². The number of nitrogens with zero attached hydrogens (tertiary/aromatic N) is 2. The first-order chi connectivity index (χ1) is 10.3. The van der Waals surface area contributed by atoms with Gasteiger partial charge < -0.3 is 9.64 Å². The number of hydrogen-bond acceptors (Lipinski definition) is 6. The largest absolute Gasteiger partial charge is 0.379 e. The number of piperazine rings is 1. The van der Waals surface area contributed by atoms with E-state index in [1.807, 2.05) is 0 Å². The van der Waals surface area contributed by atoms with Crippen molar-refractivity contribution >= 4 is 10.1 Å². The van der Waals surface area contributed by atoms with Crippen molar-refractivity contribution in [2.45, 2.75) is 46.3 Å². The Kier molecular flexibility index (Phi) is 8.86. The first-order valence-corrected chi connectivity index (χ1v) is 9.83. The highest BCUT2D eigenvalue weighted by Gasteiger charge is 2.20. The second-order valence-electron chi connectivity index (χ2n) is 6.36. The van der Waals surface area contributed by atoms with E-state index < -0.39 is 10.1 Å². The van der Waals surface area contributed by atoms with Gasteiger partial charge in [0.15, 0.2) is 0 Å². The summed E-state index contributed by atoms with van der Waals surface area (Å²) in [4.78, 5) is 4.61. The standard InChI is InChI=1S/C15H32N2O4S/c1-14(2)20-12-5-6-16-7-9-17(10-8-16)11-13-22(18,19)21-15(3)4/h14-15H,5-13H2,1-4H3. The maximum Gasteiger partial charge on any atom is 0.268 e. The highest BCUT2D eigenvalue weighted by molar-refractivity contribution is 7.86. The van der Waals surface area contributed by atoms with Crippen molar-refractivity contribution in [3.05, 3.63) is 0 Å². The predicted octanol–water partition coefficient (Wildman–Crippen LogP) is 1.17. The summed E-state index contributed by atoms with van der Waals surface area (Å²) in [5.41, 5.74) is 0. The normalized spacial score (nSPS) is 18.5. The summed E-state index contributed by atoms with van der Waals surface area (Å²) in [5, 5.41) is 0. The van der Waals surface area contributed by atoms with E-state index in [1.165, 1.54) is 0 Å². The minimum Gasteiger partial charge on any atom is -0.379 e. The molecule has 0 aromatic heterocycles. The van der Waals surface area contributed by atoms with Crippen molar-refractivity contribution in [1.82, 2.24) is 9.80 Å². The Balaban J connectivity index is 2.15. The summed E-state index contributed by atoms with van der Waals surface area (Å²) in [6.45, 7) is 13.8. The molecule has 0 aromatic rings. The van der Waals surface area contributed by atoms with Gasteiger partial charge >= 0.3 is 0 Å². The Morgan fingerprint density at radius 3 is 1.95 bits per heavy atom. The highest BCUT2D eigenvalue weighted by Crippen LogP contribution is 2.05. The van der Waals surface area contributed by atoms with Gasteiger partial charge in [0.25, 0.3) is 10.1 Å². The molecule has 7 heteroatoms. The molecule has 0 N–H and O–H groups in total. The first-order valence-electron chi connectivity index (χ1n) is 8.26. The summed E-state index contributed by atoms with van der Waals surface area (Å²) >= 11 is 0.